The van der Waals surface area contributed by atoms with Crippen molar-refractivity contribution < 1.29 is 9.32 Å². The Hall–Kier alpha value is -1.62. The van der Waals surface area contributed by atoms with Gasteiger partial charge in [0, 0.05) is 4.47 Å². The molecule has 0 radical (unpaired) electrons. The van der Waals surface area contributed by atoms with Crippen LogP contribution < -0.4 is 5.32 Å². The molecule has 116 valence electrons. The van der Waals surface area contributed by atoms with Gasteiger partial charge in [-0.05, 0) is 42.9 Å². The highest BCUT2D eigenvalue weighted by atomic mass is 79.9. The Balaban J connectivity index is 1.96. The molecular formula is C17H19BrN2O2. The van der Waals surface area contributed by atoms with Crippen LogP contribution in [-0.4, -0.2) is 11.1 Å². The van der Waals surface area contributed by atoms with E-state index in [1.165, 1.54) is 11.1 Å². The molecule has 2 aromatic rings. The van der Waals surface area contributed by atoms with Gasteiger partial charge in [0.2, 0.25) is 0 Å². The third-order valence-corrected chi connectivity index (χ3v) is 5.16. The third-order valence-electron chi connectivity index (χ3n) is 4.42. The highest BCUT2D eigenvalue weighted by Gasteiger charge is 2.41. The minimum atomic E-state index is -0.123. The van der Waals surface area contributed by atoms with Crippen LogP contribution in [0.4, 0.5) is 0 Å². The van der Waals surface area contributed by atoms with E-state index in [-0.39, 0.29) is 17.4 Å². The first kappa shape index (κ1) is 15.3. The highest BCUT2D eigenvalue weighted by Crippen LogP contribution is 2.47. The van der Waals surface area contributed by atoms with Gasteiger partial charge in [-0.3, -0.25) is 4.79 Å². The van der Waals surface area contributed by atoms with Crippen LogP contribution in [0.3, 0.4) is 0 Å². The average molecular weight is 363 g/mol. The zero-order chi connectivity index (χ0) is 16.1. The molecular weight excluding hydrogens is 344 g/mol. The van der Waals surface area contributed by atoms with E-state index in [2.05, 4.69) is 46.3 Å². The molecule has 1 aromatic carbocycles. The van der Waals surface area contributed by atoms with Crippen LogP contribution in [0.1, 0.15) is 52.8 Å². The number of fused-ring (bicyclic) bond motifs is 1. The van der Waals surface area contributed by atoms with Crippen molar-refractivity contribution in [2.24, 2.45) is 5.41 Å². The van der Waals surface area contributed by atoms with Crippen LogP contribution in [0.25, 0.3) is 0 Å². The molecule has 1 atom stereocenters. The summed E-state index contributed by atoms with van der Waals surface area (Å²) in [5.41, 5.74) is 3.58. The number of aromatic nitrogens is 1. The quantitative estimate of drug-likeness (QED) is 0.874. The Morgan fingerprint density at radius 2 is 2.14 bits per heavy atom. The maximum atomic E-state index is 12.7. The molecule has 0 saturated carbocycles. The normalized spacial score (nSPS) is 19.0. The molecule has 0 spiro atoms. The molecule has 1 heterocycles. The lowest BCUT2D eigenvalue weighted by Gasteiger charge is -2.28. The summed E-state index contributed by atoms with van der Waals surface area (Å²) in [6, 6.07) is 6.13. The first-order valence-electron chi connectivity index (χ1n) is 7.32. The van der Waals surface area contributed by atoms with E-state index >= 15 is 0 Å². The lowest BCUT2D eigenvalue weighted by molar-refractivity contribution is 0.0901. The summed E-state index contributed by atoms with van der Waals surface area (Å²) < 4.78 is 6.21. The maximum Gasteiger partial charge on any atom is 0.257 e. The van der Waals surface area contributed by atoms with E-state index in [4.69, 9.17) is 4.52 Å². The summed E-state index contributed by atoms with van der Waals surface area (Å²) in [4.78, 5) is 12.7. The number of benzene rings is 1. The number of halogens is 1. The van der Waals surface area contributed by atoms with Crippen molar-refractivity contribution in [2.75, 3.05) is 0 Å². The number of rotatable bonds is 2. The van der Waals surface area contributed by atoms with Crippen molar-refractivity contribution in [3.8, 4) is 0 Å². The SMILES string of the molecule is Cc1noc(C)c1C(=O)N[C@@H]1c2cccc(Br)c2CC1(C)C. The molecule has 0 unspecified atom stereocenters. The molecule has 1 amide bonds. The fourth-order valence-electron chi connectivity index (χ4n) is 3.29. The predicted molar refractivity (Wildman–Crippen MR) is 87.8 cm³/mol. The summed E-state index contributed by atoms with van der Waals surface area (Å²) in [6.45, 7) is 7.91. The zero-order valence-corrected chi connectivity index (χ0v) is 14.7. The first-order valence-corrected chi connectivity index (χ1v) is 8.11. The average Bonchev–Trinajstić information content (AvgIpc) is 2.89. The van der Waals surface area contributed by atoms with Gasteiger partial charge in [0.1, 0.15) is 11.3 Å². The molecule has 3 rings (SSSR count). The van der Waals surface area contributed by atoms with Gasteiger partial charge >= 0.3 is 0 Å². The van der Waals surface area contributed by atoms with Gasteiger partial charge < -0.3 is 9.84 Å². The summed E-state index contributed by atoms with van der Waals surface area (Å²) in [5, 5.41) is 7.04. The van der Waals surface area contributed by atoms with E-state index in [1.54, 1.807) is 13.8 Å². The van der Waals surface area contributed by atoms with Crippen molar-refractivity contribution in [3.05, 3.63) is 50.8 Å². The molecule has 1 aliphatic rings. The molecule has 1 aromatic heterocycles. The predicted octanol–water partition coefficient (Wildman–Crippen LogP) is 4.11. The number of carbonyl (C=O) groups is 1. The lowest BCUT2D eigenvalue weighted by Crippen LogP contribution is -2.36. The Labute approximate surface area is 138 Å². The van der Waals surface area contributed by atoms with Crippen LogP contribution in [-0.2, 0) is 6.42 Å². The maximum absolute atomic E-state index is 12.7. The van der Waals surface area contributed by atoms with Gasteiger partial charge in [0.15, 0.2) is 0 Å². The van der Waals surface area contributed by atoms with E-state index in [9.17, 15) is 4.79 Å². The largest absolute Gasteiger partial charge is 0.361 e. The standard InChI is InChI=1S/C17H19BrN2O2/c1-9-14(10(2)22-20-9)16(21)19-15-11-6-5-7-13(18)12(11)8-17(15,3)4/h5-7,15H,8H2,1-4H3,(H,19,21)/t15-/m1/s1. The van der Waals surface area contributed by atoms with Crippen LogP contribution in [0.15, 0.2) is 27.2 Å². The smallest absolute Gasteiger partial charge is 0.257 e. The highest BCUT2D eigenvalue weighted by molar-refractivity contribution is 9.10. The molecule has 0 fully saturated rings. The van der Waals surface area contributed by atoms with Gasteiger partial charge in [0.25, 0.3) is 5.91 Å². The van der Waals surface area contributed by atoms with Crippen LogP contribution >= 0.6 is 15.9 Å². The Kier molecular flexibility index (Phi) is 3.63. The van der Waals surface area contributed by atoms with Crippen molar-refractivity contribution in [1.29, 1.82) is 0 Å². The second kappa shape index (κ2) is 5.23. The van der Waals surface area contributed by atoms with E-state index in [0.29, 0.717) is 17.0 Å². The van der Waals surface area contributed by atoms with Gasteiger partial charge in [-0.15, -0.1) is 0 Å². The van der Waals surface area contributed by atoms with Gasteiger partial charge in [-0.25, -0.2) is 0 Å². The fraction of sp³-hybridized carbons (Fsp3) is 0.412. The van der Waals surface area contributed by atoms with E-state index < -0.39 is 0 Å². The third kappa shape index (κ3) is 2.37. The number of amides is 1. The number of nitrogens with zero attached hydrogens (tertiary/aromatic N) is 1. The van der Waals surface area contributed by atoms with Crippen molar-refractivity contribution in [3.63, 3.8) is 0 Å². The molecule has 5 heteroatoms. The van der Waals surface area contributed by atoms with Gasteiger partial charge in [-0.2, -0.15) is 0 Å². The number of nitrogens with one attached hydrogen (secondary N) is 1. The Morgan fingerprint density at radius 1 is 1.41 bits per heavy atom. The summed E-state index contributed by atoms with van der Waals surface area (Å²) in [7, 11) is 0. The number of hydrogen-bond acceptors (Lipinski definition) is 3. The summed E-state index contributed by atoms with van der Waals surface area (Å²) >= 11 is 3.62. The second-order valence-corrected chi connectivity index (χ2v) is 7.43. The van der Waals surface area contributed by atoms with Crippen molar-refractivity contribution in [2.45, 2.75) is 40.2 Å². The number of carbonyl (C=O) groups excluding carboxylic acids is 1. The van der Waals surface area contributed by atoms with E-state index in [1.807, 2.05) is 12.1 Å². The van der Waals surface area contributed by atoms with Crippen molar-refractivity contribution >= 4 is 21.8 Å². The first-order chi connectivity index (χ1) is 10.3. The topological polar surface area (TPSA) is 55.1 Å². The van der Waals surface area contributed by atoms with Crippen LogP contribution in [0.5, 0.6) is 0 Å². The minimum absolute atomic E-state index is 0.0267. The molecule has 22 heavy (non-hydrogen) atoms. The molecule has 1 aliphatic carbocycles. The molecule has 0 aliphatic heterocycles. The molecule has 0 saturated heterocycles. The Bertz CT molecular complexity index is 730. The molecule has 0 bridgehead atoms. The van der Waals surface area contributed by atoms with Gasteiger partial charge in [-0.1, -0.05) is 47.1 Å². The minimum Gasteiger partial charge on any atom is -0.361 e. The number of hydrogen-bond donors (Lipinski definition) is 1. The zero-order valence-electron chi connectivity index (χ0n) is 13.2. The van der Waals surface area contributed by atoms with Crippen LogP contribution in [0, 0.1) is 19.3 Å². The monoisotopic (exact) mass is 362 g/mol. The van der Waals surface area contributed by atoms with Gasteiger partial charge in [0.05, 0.1) is 11.7 Å². The summed E-state index contributed by atoms with van der Waals surface area (Å²) in [5.74, 6) is 0.433. The molecule has 1 N–H and O–H groups in total. The Morgan fingerprint density at radius 3 is 2.77 bits per heavy atom. The number of aryl methyl sites for hydroxylation is 2. The molecule has 4 nitrogen and oxygen atoms in total. The summed E-state index contributed by atoms with van der Waals surface area (Å²) in [6.07, 6.45) is 0.927. The van der Waals surface area contributed by atoms with Crippen LogP contribution in [0.2, 0.25) is 0 Å². The van der Waals surface area contributed by atoms with E-state index in [0.717, 1.165) is 10.9 Å². The fourth-order valence-corrected chi connectivity index (χ4v) is 3.82. The second-order valence-electron chi connectivity index (χ2n) is 6.58. The van der Waals surface area contributed by atoms with Crippen molar-refractivity contribution in [1.82, 2.24) is 10.5 Å². The lowest BCUT2D eigenvalue weighted by atomic mass is 9.85.